The predicted octanol–water partition coefficient (Wildman–Crippen LogP) is 4.73. The van der Waals surface area contributed by atoms with Crippen molar-refractivity contribution in [1.29, 1.82) is 5.26 Å². The van der Waals surface area contributed by atoms with Crippen LogP contribution in [-0.2, 0) is 12.8 Å². The lowest BCUT2D eigenvalue weighted by molar-refractivity contribution is 0.373. The summed E-state index contributed by atoms with van der Waals surface area (Å²) in [5, 5.41) is 20.3. The van der Waals surface area contributed by atoms with Gasteiger partial charge in [0.1, 0.15) is 11.1 Å². The van der Waals surface area contributed by atoms with Gasteiger partial charge in [-0.1, -0.05) is 15.9 Å². The fraction of sp³-hybridized carbons (Fsp3) is 0.294. The van der Waals surface area contributed by atoms with E-state index in [1.807, 2.05) is 0 Å². The summed E-state index contributed by atoms with van der Waals surface area (Å²) in [6, 6.07) is 5.75. The molecule has 1 N–H and O–H groups in total. The summed E-state index contributed by atoms with van der Waals surface area (Å²) in [5.74, 6) is 0.422. The van der Waals surface area contributed by atoms with E-state index >= 15 is 0 Å². The number of aryl methyl sites for hydroxylation is 1. The number of phenolic OH excluding ortho intramolecular Hbond substituents is 1. The quantitative estimate of drug-likeness (QED) is 0.770. The largest absolute Gasteiger partial charge is 0.504 e. The van der Waals surface area contributed by atoms with Crippen molar-refractivity contribution in [2.75, 3.05) is 7.11 Å². The molecular formula is C17H15BrN2O2S. The van der Waals surface area contributed by atoms with Gasteiger partial charge in [0.05, 0.1) is 12.7 Å². The van der Waals surface area contributed by atoms with Crippen molar-refractivity contribution in [3.8, 4) is 17.6 Å². The smallest absolute Gasteiger partial charge is 0.166 e. The molecule has 1 aromatic heterocycles. The van der Waals surface area contributed by atoms with Crippen LogP contribution in [0.5, 0.6) is 11.5 Å². The molecule has 0 bridgehead atoms. The molecule has 1 heterocycles. The first-order valence-electron chi connectivity index (χ1n) is 7.29. The number of hydrogen-bond donors (Lipinski definition) is 1. The fourth-order valence-corrected chi connectivity index (χ4v) is 4.37. The second kappa shape index (κ2) is 6.73. The molecular weight excluding hydrogens is 376 g/mol. The first-order valence-corrected chi connectivity index (χ1v) is 8.90. The number of aromatic hydroxyl groups is 1. The minimum atomic E-state index is 0.0410. The number of rotatable bonds is 3. The number of nitrogens with zero attached hydrogens (tertiary/aromatic N) is 2. The zero-order valence-corrected chi connectivity index (χ0v) is 15.0. The maximum atomic E-state index is 10.2. The molecule has 1 aromatic carbocycles. The van der Waals surface area contributed by atoms with Crippen LogP contribution in [0.2, 0.25) is 0 Å². The number of phenols is 1. The zero-order valence-electron chi connectivity index (χ0n) is 12.6. The van der Waals surface area contributed by atoms with E-state index in [0.29, 0.717) is 16.9 Å². The Kier molecular flexibility index (Phi) is 4.69. The summed E-state index contributed by atoms with van der Waals surface area (Å²) in [6.45, 7) is 0. The van der Waals surface area contributed by atoms with Crippen LogP contribution in [0.3, 0.4) is 0 Å². The number of thiophene rings is 1. The van der Waals surface area contributed by atoms with E-state index in [1.54, 1.807) is 29.7 Å². The molecule has 1 aliphatic carbocycles. The van der Waals surface area contributed by atoms with Crippen LogP contribution in [0.1, 0.15) is 34.4 Å². The molecule has 0 aliphatic heterocycles. The van der Waals surface area contributed by atoms with Crippen molar-refractivity contribution < 1.29 is 9.84 Å². The summed E-state index contributed by atoms with van der Waals surface area (Å²) in [5.41, 5.74) is 2.39. The van der Waals surface area contributed by atoms with Crippen molar-refractivity contribution in [3.63, 3.8) is 0 Å². The highest BCUT2D eigenvalue weighted by atomic mass is 79.9. The molecule has 6 heteroatoms. The number of aliphatic imine (C=N–C) groups is 1. The monoisotopic (exact) mass is 390 g/mol. The van der Waals surface area contributed by atoms with E-state index in [2.05, 4.69) is 27.0 Å². The fourth-order valence-electron chi connectivity index (χ4n) is 2.73. The van der Waals surface area contributed by atoms with Crippen LogP contribution in [0.25, 0.3) is 0 Å². The SMILES string of the molecule is COc1cc(Br)cc(/C=N/c2sc3c(c2C#N)CCCC3)c1O. The van der Waals surface area contributed by atoms with E-state index in [-0.39, 0.29) is 5.75 Å². The maximum Gasteiger partial charge on any atom is 0.166 e. The normalized spacial score (nSPS) is 13.8. The number of halogens is 1. The third-order valence-electron chi connectivity index (χ3n) is 3.87. The first kappa shape index (κ1) is 16.0. The summed E-state index contributed by atoms with van der Waals surface area (Å²) in [7, 11) is 1.50. The molecule has 0 radical (unpaired) electrons. The van der Waals surface area contributed by atoms with Crippen molar-refractivity contribution >= 4 is 38.5 Å². The Balaban J connectivity index is 2.00. The zero-order chi connectivity index (χ0) is 16.4. The Morgan fingerprint density at radius 1 is 1.39 bits per heavy atom. The van der Waals surface area contributed by atoms with E-state index in [0.717, 1.165) is 34.3 Å². The first-order chi connectivity index (χ1) is 11.1. The minimum Gasteiger partial charge on any atom is -0.504 e. The molecule has 0 unspecified atom stereocenters. The van der Waals surface area contributed by atoms with Crippen LogP contribution in [0.15, 0.2) is 21.6 Å². The predicted molar refractivity (Wildman–Crippen MR) is 95.3 cm³/mol. The highest BCUT2D eigenvalue weighted by Gasteiger charge is 2.20. The topological polar surface area (TPSA) is 65.6 Å². The molecule has 0 atom stereocenters. The summed E-state index contributed by atoms with van der Waals surface area (Å²) in [6.07, 6.45) is 5.87. The highest BCUT2D eigenvalue weighted by Crippen LogP contribution is 2.40. The van der Waals surface area contributed by atoms with Gasteiger partial charge in [-0.15, -0.1) is 11.3 Å². The van der Waals surface area contributed by atoms with Crippen LogP contribution in [-0.4, -0.2) is 18.4 Å². The number of nitriles is 1. The second-order valence-corrected chi connectivity index (χ2v) is 7.31. The van der Waals surface area contributed by atoms with Gasteiger partial charge in [0.15, 0.2) is 11.5 Å². The molecule has 4 nitrogen and oxygen atoms in total. The van der Waals surface area contributed by atoms with Crippen LogP contribution in [0.4, 0.5) is 5.00 Å². The number of hydrogen-bond acceptors (Lipinski definition) is 5. The lowest BCUT2D eigenvalue weighted by Crippen LogP contribution is -1.99. The average Bonchev–Trinajstić information content (AvgIpc) is 2.92. The average molecular weight is 391 g/mol. The van der Waals surface area contributed by atoms with Gasteiger partial charge in [0.25, 0.3) is 0 Å². The second-order valence-electron chi connectivity index (χ2n) is 5.31. The standard InChI is InChI=1S/C17H15BrN2O2S/c1-22-14-7-11(18)6-10(16(14)21)9-20-17-13(8-19)12-4-2-3-5-15(12)23-17/h6-7,9,21H,2-5H2,1H3/b20-9+. The highest BCUT2D eigenvalue weighted by molar-refractivity contribution is 9.10. The lowest BCUT2D eigenvalue weighted by atomic mass is 9.96. The minimum absolute atomic E-state index is 0.0410. The molecule has 2 aromatic rings. The van der Waals surface area contributed by atoms with Crippen molar-refractivity contribution in [1.82, 2.24) is 0 Å². The number of ether oxygens (including phenoxy) is 1. The van der Waals surface area contributed by atoms with Gasteiger partial charge in [-0.25, -0.2) is 4.99 Å². The Morgan fingerprint density at radius 2 is 2.17 bits per heavy atom. The molecule has 0 saturated heterocycles. The van der Waals surface area contributed by atoms with Gasteiger partial charge in [-0.2, -0.15) is 5.26 Å². The third-order valence-corrected chi connectivity index (χ3v) is 5.53. The maximum absolute atomic E-state index is 10.2. The van der Waals surface area contributed by atoms with Gasteiger partial charge in [0, 0.05) is 21.1 Å². The Bertz CT molecular complexity index is 821. The van der Waals surface area contributed by atoms with Gasteiger partial charge >= 0.3 is 0 Å². The van der Waals surface area contributed by atoms with Crippen LogP contribution >= 0.6 is 27.3 Å². The molecule has 0 fully saturated rings. The van der Waals surface area contributed by atoms with Crippen LogP contribution < -0.4 is 4.74 Å². The Hall–Kier alpha value is -1.84. The van der Waals surface area contributed by atoms with Gasteiger partial charge in [-0.3, -0.25) is 0 Å². The third kappa shape index (κ3) is 3.12. The summed E-state index contributed by atoms with van der Waals surface area (Å²) in [4.78, 5) is 5.74. The number of benzene rings is 1. The van der Waals surface area contributed by atoms with Crippen molar-refractivity contribution in [2.45, 2.75) is 25.7 Å². The van der Waals surface area contributed by atoms with Gasteiger partial charge in [-0.05, 0) is 43.4 Å². The van der Waals surface area contributed by atoms with E-state index < -0.39 is 0 Å². The molecule has 1 aliphatic rings. The van der Waals surface area contributed by atoms with E-state index in [1.165, 1.54) is 18.4 Å². The Morgan fingerprint density at radius 3 is 2.91 bits per heavy atom. The van der Waals surface area contributed by atoms with Crippen molar-refractivity contribution in [3.05, 3.63) is 38.2 Å². The summed E-state index contributed by atoms with van der Waals surface area (Å²) >= 11 is 4.97. The molecule has 0 spiro atoms. The Labute approximate surface area is 147 Å². The molecule has 23 heavy (non-hydrogen) atoms. The molecule has 118 valence electrons. The van der Waals surface area contributed by atoms with Crippen LogP contribution in [0, 0.1) is 11.3 Å². The van der Waals surface area contributed by atoms with Crippen molar-refractivity contribution in [2.24, 2.45) is 4.99 Å². The lowest BCUT2D eigenvalue weighted by Gasteiger charge is -2.09. The van der Waals surface area contributed by atoms with Gasteiger partial charge in [0.2, 0.25) is 0 Å². The molecule has 3 rings (SSSR count). The molecule has 0 saturated carbocycles. The summed E-state index contributed by atoms with van der Waals surface area (Å²) < 4.78 is 5.93. The number of fused-ring (bicyclic) bond motifs is 1. The van der Waals surface area contributed by atoms with E-state index in [9.17, 15) is 10.4 Å². The van der Waals surface area contributed by atoms with Gasteiger partial charge < -0.3 is 9.84 Å². The molecule has 0 amide bonds. The number of methoxy groups -OCH3 is 1. The van der Waals surface area contributed by atoms with E-state index in [4.69, 9.17) is 4.74 Å².